The van der Waals surface area contributed by atoms with Gasteiger partial charge < -0.3 is 19.4 Å². The SMILES string of the molecule is CN(C)c1nc2c(c(N3CCCN(C(=O)[C@H]4CCCO4)CC3)n1)CCCC2. The predicted octanol–water partition coefficient (Wildman–Crippen LogP) is 1.64. The van der Waals surface area contributed by atoms with Crippen LogP contribution in [0.25, 0.3) is 0 Å². The third-order valence-electron chi connectivity index (χ3n) is 5.86. The molecule has 1 atom stereocenters. The molecule has 2 saturated heterocycles. The van der Waals surface area contributed by atoms with Crippen molar-refractivity contribution >= 4 is 17.7 Å². The van der Waals surface area contributed by atoms with Gasteiger partial charge in [-0.3, -0.25) is 4.79 Å². The first kappa shape index (κ1) is 18.5. The molecule has 3 heterocycles. The minimum absolute atomic E-state index is 0.174. The van der Waals surface area contributed by atoms with Crippen molar-refractivity contribution in [2.75, 3.05) is 56.7 Å². The summed E-state index contributed by atoms with van der Waals surface area (Å²) in [7, 11) is 4.00. The van der Waals surface area contributed by atoms with Crippen LogP contribution in [0.4, 0.5) is 11.8 Å². The van der Waals surface area contributed by atoms with Crippen molar-refractivity contribution < 1.29 is 9.53 Å². The molecule has 0 spiro atoms. The van der Waals surface area contributed by atoms with Crippen LogP contribution in [-0.4, -0.2) is 73.8 Å². The van der Waals surface area contributed by atoms with E-state index in [4.69, 9.17) is 14.7 Å². The largest absolute Gasteiger partial charge is 0.368 e. The minimum Gasteiger partial charge on any atom is -0.368 e. The molecule has 1 aromatic rings. The molecule has 0 aromatic carbocycles. The molecular weight excluding hydrogens is 342 g/mol. The Morgan fingerprint density at radius 2 is 1.89 bits per heavy atom. The quantitative estimate of drug-likeness (QED) is 0.803. The fourth-order valence-electron chi connectivity index (χ4n) is 4.35. The monoisotopic (exact) mass is 373 g/mol. The van der Waals surface area contributed by atoms with Gasteiger partial charge in [0.2, 0.25) is 5.95 Å². The van der Waals surface area contributed by atoms with Crippen molar-refractivity contribution in [2.45, 2.75) is 51.0 Å². The third-order valence-corrected chi connectivity index (χ3v) is 5.86. The second-order valence-electron chi connectivity index (χ2n) is 8.04. The number of nitrogens with zero attached hydrogens (tertiary/aromatic N) is 5. The normalized spacial score (nSPS) is 23.1. The van der Waals surface area contributed by atoms with Crippen LogP contribution >= 0.6 is 0 Å². The summed E-state index contributed by atoms with van der Waals surface area (Å²) >= 11 is 0. The lowest BCUT2D eigenvalue weighted by molar-refractivity contribution is -0.140. The van der Waals surface area contributed by atoms with Gasteiger partial charge in [-0.05, 0) is 44.9 Å². The van der Waals surface area contributed by atoms with E-state index in [1.54, 1.807) is 0 Å². The van der Waals surface area contributed by atoms with E-state index in [-0.39, 0.29) is 12.0 Å². The molecule has 0 bridgehead atoms. The number of anilines is 2. The highest BCUT2D eigenvalue weighted by molar-refractivity contribution is 5.81. The fraction of sp³-hybridized carbons (Fsp3) is 0.750. The standard InChI is InChI=1S/C20H31N5O2/c1-23(2)20-21-16-8-4-3-7-15(16)18(22-20)24-10-6-11-25(13-12-24)19(26)17-9-5-14-27-17/h17H,3-14H2,1-2H3/t17-/m1/s1. The number of carbonyl (C=O) groups is 1. The van der Waals surface area contributed by atoms with Gasteiger partial charge in [0, 0.05) is 52.4 Å². The molecular formula is C20H31N5O2. The highest BCUT2D eigenvalue weighted by Gasteiger charge is 2.30. The van der Waals surface area contributed by atoms with E-state index in [9.17, 15) is 4.79 Å². The lowest BCUT2D eigenvalue weighted by Gasteiger charge is -2.29. The molecule has 2 fully saturated rings. The molecule has 0 radical (unpaired) electrons. The fourth-order valence-corrected chi connectivity index (χ4v) is 4.35. The Labute approximate surface area is 161 Å². The van der Waals surface area contributed by atoms with Crippen molar-refractivity contribution in [3.05, 3.63) is 11.3 Å². The summed E-state index contributed by atoms with van der Waals surface area (Å²) in [5.74, 6) is 2.06. The number of hydrogen-bond donors (Lipinski definition) is 0. The molecule has 148 valence electrons. The molecule has 2 aliphatic heterocycles. The van der Waals surface area contributed by atoms with E-state index in [0.717, 1.165) is 76.7 Å². The Hall–Kier alpha value is -1.89. The molecule has 1 amide bonds. The van der Waals surface area contributed by atoms with Crippen molar-refractivity contribution in [2.24, 2.45) is 0 Å². The molecule has 27 heavy (non-hydrogen) atoms. The Bertz CT molecular complexity index is 687. The van der Waals surface area contributed by atoms with Gasteiger partial charge >= 0.3 is 0 Å². The molecule has 0 unspecified atom stereocenters. The number of ether oxygens (including phenoxy) is 1. The molecule has 1 aromatic heterocycles. The summed E-state index contributed by atoms with van der Waals surface area (Å²) < 4.78 is 5.61. The molecule has 7 nitrogen and oxygen atoms in total. The zero-order chi connectivity index (χ0) is 18.8. The second-order valence-corrected chi connectivity index (χ2v) is 8.04. The number of hydrogen-bond acceptors (Lipinski definition) is 6. The zero-order valence-corrected chi connectivity index (χ0v) is 16.6. The summed E-state index contributed by atoms with van der Waals surface area (Å²) in [5, 5.41) is 0. The van der Waals surface area contributed by atoms with Gasteiger partial charge in [0.1, 0.15) is 11.9 Å². The van der Waals surface area contributed by atoms with Gasteiger partial charge in [0.05, 0.1) is 5.69 Å². The van der Waals surface area contributed by atoms with Crippen LogP contribution in [0, 0.1) is 0 Å². The van der Waals surface area contributed by atoms with E-state index < -0.39 is 0 Å². The van der Waals surface area contributed by atoms with Crippen LogP contribution < -0.4 is 9.80 Å². The number of carbonyl (C=O) groups excluding carboxylic acids is 1. The minimum atomic E-state index is -0.219. The van der Waals surface area contributed by atoms with E-state index >= 15 is 0 Å². The first-order chi connectivity index (χ1) is 13.1. The molecule has 4 rings (SSSR count). The molecule has 0 N–H and O–H groups in total. The van der Waals surface area contributed by atoms with E-state index in [1.165, 1.54) is 24.1 Å². The predicted molar refractivity (Wildman–Crippen MR) is 105 cm³/mol. The lowest BCUT2D eigenvalue weighted by Crippen LogP contribution is -2.41. The Balaban J connectivity index is 1.53. The van der Waals surface area contributed by atoms with Crippen LogP contribution in [0.1, 0.15) is 43.4 Å². The van der Waals surface area contributed by atoms with Gasteiger partial charge in [-0.2, -0.15) is 4.98 Å². The third kappa shape index (κ3) is 3.88. The van der Waals surface area contributed by atoms with E-state index in [1.807, 2.05) is 23.9 Å². The van der Waals surface area contributed by atoms with Gasteiger partial charge in [-0.25, -0.2) is 4.98 Å². The maximum absolute atomic E-state index is 12.7. The van der Waals surface area contributed by atoms with E-state index in [0.29, 0.717) is 0 Å². The summed E-state index contributed by atoms with van der Waals surface area (Å²) in [6.07, 6.45) is 7.14. The first-order valence-electron chi connectivity index (χ1n) is 10.4. The van der Waals surface area contributed by atoms with E-state index in [2.05, 4.69) is 4.90 Å². The summed E-state index contributed by atoms with van der Waals surface area (Å²) in [6, 6.07) is 0. The maximum Gasteiger partial charge on any atom is 0.251 e. The van der Waals surface area contributed by atoms with Crippen molar-refractivity contribution in [3.8, 4) is 0 Å². The molecule has 3 aliphatic rings. The average molecular weight is 374 g/mol. The first-order valence-corrected chi connectivity index (χ1v) is 10.4. The van der Waals surface area contributed by atoms with Crippen LogP contribution in [0.5, 0.6) is 0 Å². The number of aromatic nitrogens is 2. The topological polar surface area (TPSA) is 61.8 Å². The van der Waals surface area contributed by atoms with Crippen LogP contribution in [0.15, 0.2) is 0 Å². The number of amides is 1. The van der Waals surface area contributed by atoms with Crippen LogP contribution in [-0.2, 0) is 22.4 Å². The molecule has 7 heteroatoms. The number of fused-ring (bicyclic) bond motifs is 1. The van der Waals surface area contributed by atoms with Crippen LogP contribution in [0.3, 0.4) is 0 Å². The smallest absolute Gasteiger partial charge is 0.251 e. The maximum atomic E-state index is 12.7. The summed E-state index contributed by atoms with van der Waals surface area (Å²) in [5.41, 5.74) is 2.54. The second kappa shape index (κ2) is 8.00. The van der Waals surface area contributed by atoms with Crippen molar-refractivity contribution in [3.63, 3.8) is 0 Å². The number of rotatable bonds is 3. The highest BCUT2D eigenvalue weighted by atomic mass is 16.5. The van der Waals surface area contributed by atoms with Crippen LogP contribution in [0.2, 0.25) is 0 Å². The Morgan fingerprint density at radius 3 is 2.67 bits per heavy atom. The van der Waals surface area contributed by atoms with Gasteiger partial charge in [-0.15, -0.1) is 0 Å². The van der Waals surface area contributed by atoms with Gasteiger partial charge in [-0.1, -0.05) is 0 Å². The molecule has 1 aliphatic carbocycles. The summed E-state index contributed by atoms with van der Waals surface area (Å²) in [4.78, 5) is 28.8. The average Bonchev–Trinajstić information content (AvgIpc) is 3.11. The van der Waals surface area contributed by atoms with Crippen molar-refractivity contribution in [1.82, 2.24) is 14.9 Å². The zero-order valence-electron chi connectivity index (χ0n) is 16.6. The van der Waals surface area contributed by atoms with Crippen molar-refractivity contribution in [1.29, 1.82) is 0 Å². The number of aryl methyl sites for hydroxylation is 1. The molecule has 0 saturated carbocycles. The van der Waals surface area contributed by atoms with Gasteiger partial charge in [0.25, 0.3) is 5.91 Å². The Morgan fingerprint density at radius 1 is 1.04 bits per heavy atom. The van der Waals surface area contributed by atoms with Gasteiger partial charge in [0.15, 0.2) is 0 Å². The summed E-state index contributed by atoms with van der Waals surface area (Å²) in [6.45, 7) is 4.04. The lowest BCUT2D eigenvalue weighted by atomic mass is 9.96. The Kier molecular flexibility index (Phi) is 5.48. The highest BCUT2D eigenvalue weighted by Crippen LogP contribution is 2.30.